The number of thiophene rings is 1. The van der Waals surface area contributed by atoms with Gasteiger partial charge in [-0.1, -0.05) is 11.6 Å². The lowest BCUT2D eigenvalue weighted by molar-refractivity contribution is -0.116. The zero-order chi connectivity index (χ0) is 21.3. The summed E-state index contributed by atoms with van der Waals surface area (Å²) in [5.74, 6) is 0.558. The first-order valence-electron chi connectivity index (χ1n) is 9.57. The predicted molar refractivity (Wildman–Crippen MR) is 120 cm³/mol. The SMILES string of the molecule is CC(=O)c1ccc(-c2cc(Cl)c3c(c2)CC(CNC(=O)/C=C/c2ccn(C)c2)O3)s1. The van der Waals surface area contributed by atoms with Crippen molar-refractivity contribution in [3.05, 3.63) is 69.8 Å². The number of hydrogen-bond acceptors (Lipinski definition) is 4. The molecule has 3 heterocycles. The minimum Gasteiger partial charge on any atom is -0.486 e. The summed E-state index contributed by atoms with van der Waals surface area (Å²) in [5.41, 5.74) is 2.95. The van der Waals surface area contributed by atoms with Gasteiger partial charge in [0.05, 0.1) is 16.4 Å². The Balaban J connectivity index is 1.39. The van der Waals surface area contributed by atoms with Crippen LogP contribution in [0.2, 0.25) is 5.02 Å². The molecule has 3 aromatic rings. The minimum atomic E-state index is -0.169. The number of ether oxygens (including phenoxy) is 1. The predicted octanol–water partition coefficient (Wildman–Crippen LogP) is 4.74. The molecule has 0 radical (unpaired) electrons. The Morgan fingerprint density at radius 3 is 2.87 bits per heavy atom. The fourth-order valence-corrected chi connectivity index (χ4v) is 4.57. The van der Waals surface area contributed by atoms with E-state index in [1.54, 1.807) is 13.0 Å². The zero-order valence-corrected chi connectivity index (χ0v) is 18.2. The van der Waals surface area contributed by atoms with E-state index >= 15 is 0 Å². The summed E-state index contributed by atoms with van der Waals surface area (Å²) in [6.07, 6.45) is 7.66. The molecule has 7 heteroatoms. The van der Waals surface area contributed by atoms with Gasteiger partial charge in [0.2, 0.25) is 5.91 Å². The molecule has 154 valence electrons. The molecular formula is C23H21ClN2O3S. The van der Waals surface area contributed by atoms with Crippen LogP contribution in [0.1, 0.15) is 27.7 Å². The van der Waals surface area contributed by atoms with Gasteiger partial charge in [-0.15, -0.1) is 11.3 Å². The second kappa shape index (κ2) is 8.50. The van der Waals surface area contributed by atoms with E-state index in [0.717, 1.165) is 26.4 Å². The van der Waals surface area contributed by atoms with E-state index in [1.165, 1.54) is 17.4 Å². The van der Waals surface area contributed by atoms with Crippen LogP contribution in [0.15, 0.2) is 48.8 Å². The van der Waals surface area contributed by atoms with Gasteiger partial charge in [0, 0.05) is 42.4 Å². The van der Waals surface area contributed by atoms with Crippen LogP contribution in [0, 0.1) is 0 Å². The summed E-state index contributed by atoms with van der Waals surface area (Å²) >= 11 is 7.91. The van der Waals surface area contributed by atoms with Crippen LogP contribution in [-0.4, -0.2) is 28.9 Å². The van der Waals surface area contributed by atoms with Crippen LogP contribution in [0.4, 0.5) is 0 Å². The third-order valence-electron chi connectivity index (χ3n) is 4.88. The van der Waals surface area contributed by atoms with E-state index < -0.39 is 0 Å². The van der Waals surface area contributed by atoms with Crippen molar-refractivity contribution in [2.45, 2.75) is 19.4 Å². The van der Waals surface area contributed by atoms with E-state index in [4.69, 9.17) is 16.3 Å². The summed E-state index contributed by atoms with van der Waals surface area (Å²) in [6.45, 7) is 1.96. The van der Waals surface area contributed by atoms with Crippen LogP contribution < -0.4 is 10.1 Å². The highest BCUT2D eigenvalue weighted by atomic mass is 35.5. The van der Waals surface area contributed by atoms with Crippen molar-refractivity contribution in [3.63, 3.8) is 0 Å². The molecule has 0 saturated carbocycles. The average Bonchev–Trinajstić information content (AvgIpc) is 3.43. The Bertz CT molecular complexity index is 1150. The molecule has 0 saturated heterocycles. The number of carbonyl (C=O) groups excluding carboxylic acids is 2. The highest BCUT2D eigenvalue weighted by Gasteiger charge is 2.26. The third-order valence-corrected chi connectivity index (χ3v) is 6.39. The standard InChI is InChI=1S/C23H21ClN2O3S/c1-14(27)20-4-5-21(30-20)16-9-17-10-18(29-23(17)19(24)11-16)12-25-22(28)6-3-15-7-8-26(2)13-15/h3-9,11,13,18H,10,12H2,1-2H3,(H,25,28)/b6-3+. The van der Waals surface area contributed by atoms with Crippen LogP contribution in [0.25, 0.3) is 16.5 Å². The Labute approximate surface area is 183 Å². The lowest BCUT2D eigenvalue weighted by atomic mass is 10.1. The van der Waals surface area contributed by atoms with E-state index in [1.807, 2.05) is 54.3 Å². The first-order valence-corrected chi connectivity index (χ1v) is 10.8. The van der Waals surface area contributed by atoms with Gasteiger partial charge in [-0.25, -0.2) is 0 Å². The Morgan fingerprint density at radius 2 is 2.17 bits per heavy atom. The number of benzene rings is 1. The molecule has 1 amide bonds. The number of aryl methyl sites for hydroxylation is 1. The molecule has 0 aliphatic carbocycles. The molecule has 5 nitrogen and oxygen atoms in total. The second-order valence-corrected chi connectivity index (χ2v) is 8.79. The van der Waals surface area contributed by atoms with E-state index in [9.17, 15) is 9.59 Å². The van der Waals surface area contributed by atoms with Gasteiger partial charge in [0.1, 0.15) is 11.9 Å². The normalized spacial score (nSPS) is 15.2. The third kappa shape index (κ3) is 4.50. The van der Waals surface area contributed by atoms with Crippen molar-refractivity contribution < 1.29 is 14.3 Å². The number of rotatable bonds is 6. The van der Waals surface area contributed by atoms with Crippen molar-refractivity contribution in [2.75, 3.05) is 6.54 Å². The van der Waals surface area contributed by atoms with Gasteiger partial charge in [-0.3, -0.25) is 9.59 Å². The topological polar surface area (TPSA) is 60.3 Å². The largest absolute Gasteiger partial charge is 0.486 e. The Morgan fingerprint density at radius 1 is 1.33 bits per heavy atom. The van der Waals surface area contributed by atoms with Crippen molar-refractivity contribution in [2.24, 2.45) is 7.05 Å². The number of halogens is 1. The monoisotopic (exact) mass is 440 g/mol. The molecule has 30 heavy (non-hydrogen) atoms. The van der Waals surface area contributed by atoms with E-state index in [0.29, 0.717) is 23.7 Å². The Hall–Kier alpha value is -2.83. The second-order valence-electron chi connectivity index (χ2n) is 7.30. The minimum absolute atomic E-state index is 0.0546. The number of ketones is 1. The maximum atomic E-state index is 12.1. The van der Waals surface area contributed by atoms with Gasteiger partial charge < -0.3 is 14.6 Å². The molecule has 1 atom stereocenters. The summed E-state index contributed by atoms with van der Waals surface area (Å²) < 4.78 is 7.89. The molecule has 4 rings (SSSR count). The van der Waals surface area contributed by atoms with Gasteiger partial charge in [-0.05, 0) is 54.5 Å². The summed E-state index contributed by atoms with van der Waals surface area (Å²) in [4.78, 5) is 25.4. The lowest BCUT2D eigenvalue weighted by Crippen LogP contribution is -2.33. The highest BCUT2D eigenvalue weighted by Crippen LogP contribution is 2.41. The van der Waals surface area contributed by atoms with E-state index in [2.05, 4.69) is 5.32 Å². The number of Topliss-reactive ketones (excluding diaryl/α,β-unsaturated/α-hetero) is 1. The Kier molecular flexibility index (Phi) is 5.79. The molecule has 0 bridgehead atoms. The summed E-state index contributed by atoms with van der Waals surface area (Å²) in [7, 11) is 1.93. The first-order chi connectivity index (χ1) is 14.4. The number of nitrogens with one attached hydrogen (secondary N) is 1. The number of hydrogen-bond donors (Lipinski definition) is 1. The smallest absolute Gasteiger partial charge is 0.244 e. The maximum Gasteiger partial charge on any atom is 0.244 e. The molecule has 1 unspecified atom stereocenters. The number of carbonyl (C=O) groups is 2. The van der Waals surface area contributed by atoms with Crippen LogP contribution in [0.3, 0.4) is 0 Å². The summed E-state index contributed by atoms with van der Waals surface area (Å²) in [5, 5.41) is 3.42. The number of fused-ring (bicyclic) bond motifs is 1. The number of nitrogens with zero attached hydrogens (tertiary/aromatic N) is 1. The average molecular weight is 441 g/mol. The van der Waals surface area contributed by atoms with Crippen molar-refractivity contribution >= 4 is 40.7 Å². The zero-order valence-electron chi connectivity index (χ0n) is 16.6. The van der Waals surface area contributed by atoms with Gasteiger partial charge >= 0.3 is 0 Å². The molecule has 1 N–H and O–H groups in total. The van der Waals surface area contributed by atoms with Crippen LogP contribution in [0.5, 0.6) is 5.75 Å². The summed E-state index contributed by atoms with van der Waals surface area (Å²) in [6, 6.07) is 9.62. The molecule has 0 spiro atoms. The number of amides is 1. The molecule has 1 aromatic carbocycles. The van der Waals surface area contributed by atoms with Gasteiger partial charge in [-0.2, -0.15) is 0 Å². The first kappa shape index (κ1) is 20.4. The van der Waals surface area contributed by atoms with Crippen LogP contribution in [-0.2, 0) is 18.3 Å². The van der Waals surface area contributed by atoms with Crippen molar-refractivity contribution in [3.8, 4) is 16.2 Å². The highest BCUT2D eigenvalue weighted by molar-refractivity contribution is 7.17. The van der Waals surface area contributed by atoms with Crippen LogP contribution >= 0.6 is 22.9 Å². The molecule has 0 fully saturated rings. The van der Waals surface area contributed by atoms with E-state index in [-0.39, 0.29) is 17.8 Å². The fraction of sp³-hybridized carbons (Fsp3) is 0.217. The van der Waals surface area contributed by atoms with Gasteiger partial charge in [0.15, 0.2) is 5.78 Å². The quantitative estimate of drug-likeness (QED) is 0.444. The molecular weight excluding hydrogens is 420 g/mol. The van der Waals surface area contributed by atoms with Crippen molar-refractivity contribution in [1.29, 1.82) is 0 Å². The fourth-order valence-electron chi connectivity index (χ4n) is 3.39. The molecule has 1 aliphatic heterocycles. The number of aromatic nitrogens is 1. The lowest BCUT2D eigenvalue weighted by Gasteiger charge is -2.11. The molecule has 1 aliphatic rings. The van der Waals surface area contributed by atoms with Crippen molar-refractivity contribution in [1.82, 2.24) is 9.88 Å². The molecule has 2 aromatic heterocycles. The maximum absolute atomic E-state index is 12.1. The van der Waals surface area contributed by atoms with Gasteiger partial charge in [0.25, 0.3) is 0 Å².